The summed E-state index contributed by atoms with van der Waals surface area (Å²) in [5.74, 6) is -0.118. The zero-order valence-corrected chi connectivity index (χ0v) is 15.6. The van der Waals surface area contributed by atoms with E-state index in [1.165, 1.54) is 0 Å². The number of nitrogen functional groups attached to an aromatic ring is 1. The predicted octanol–water partition coefficient (Wildman–Crippen LogP) is 4.76. The summed E-state index contributed by atoms with van der Waals surface area (Å²) in [6, 6.07) is 12.7. The van der Waals surface area contributed by atoms with Gasteiger partial charge in [0.25, 0.3) is 0 Å². The van der Waals surface area contributed by atoms with Crippen molar-refractivity contribution in [2.75, 3.05) is 16.4 Å². The number of nitrogens with one attached hydrogen (secondary N) is 2. The van der Waals surface area contributed by atoms with Gasteiger partial charge in [0.15, 0.2) is 0 Å². The van der Waals surface area contributed by atoms with Crippen LogP contribution in [-0.4, -0.2) is 11.8 Å². The van der Waals surface area contributed by atoms with E-state index < -0.39 is 0 Å². The molecule has 138 valence electrons. The first-order chi connectivity index (χ1) is 12.4. The Kier molecular flexibility index (Phi) is 7.48. The highest BCUT2D eigenvalue weighted by atomic mass is 35.5. The molecule has 2 rings (SSSR count). The smallest absolute Gasteiger partial charge is 0.224 e. The Morgan fingerprint density at radius 1 is 0.923 bits per heavy atom. The number of nitrogens with two attached hydrogens (primary N) is 1. The van der Waals surface area contributed by atoms with Gasteiger partial charge in [-0.2, -0.15) is 0 Å². The van der Waals surface area contributed by atoms with Crippen molar-refractivity contribution in [1.82, 2.24) is 0 Å². The molecule has 0 heterocycles. The molecule has 2 aromatic rings. The van der Waals surface area contributed by atoms with Gasteiger partial charge in [-0.25, -0.2) is 0 Å². The lowest BCUT2D eigenvalue weighted by Gasteiger charge is -2.08. The van der Waals surface area contributed by atoms with Crippen molar-refractivity contribution in [3.05, 3.63) is 53.1 Å². The standard InChI is InChI=1S/C20H24ClN3O2/c1-14-7-10-16(11-8-14)23-19(25)5-3-2-4-6-20(26)24-18-13-15(21)9-12-17(18)22/h7-13H,2-6,22H2,1H3,(H,23,25)(H,24,26). The van der Waals surface area contributed by atoms with Crippen LogP contribution in [0.4, 0.5) is 17.1 Å². The number of amides is 2. The van der Waals surface area contributed by atoms with Gasteiger partial charge in [0.1, 0.15) is 0 Å². The highest BCUT2D eigenvalue weighted by Gasteiger charge is 2.07. The van der Waals surface area contributed by atoms with E-state index in [-0.39, 0.29) is 11.8 Å². The van der Waals surface area contributed by atoms with Crippen molar-refractivity contribution in [2.24, 2.45) is 0 Å². The average molecular weight is 374 g/mol. The third-order valence-electron chi connectivity index (χ3n) is 3.93. The van der Waals surface area contributed by atoms with E-state index in [0.29, 0.717) is 35.7 Å². The fraction of sp³-hybridized carbons (Fsp3) is 0.300. The molecule has 5 nitrogen and oxygen atoms in total. The number of benzene rings is 2. The molecule has 0 aliphatic heterocycles. The zero-order valence-electron chi connectivity index (χ0n) is 14.8. The largest absolute Gasteiger partial charge is 0.397 e. The van der Waals surface area contributed by atoms with Crippen LogP contribution in [0.1, 0.15) is 37.7 Å². The summed E-state index contributed by atoms with van der Waals surface area (Å²) in [5.41, 5.74) is 8.77. The van der Waals surface area contributed by atoms with Gasteiger partial charge in [0, 0.05) is 23.6 Å². The first-order valence-electron chi connectivity index (χ1n) is 8.65. The van der Waals surface area contributed by atoms with Gasteiger partial charge in [-0.05, 0) is 50.1 Å². The van der Waals surface area contributed by atoms with Crippen molar-refractivity contribution in [1.29, 1.82) is 0 Å². The number of hydrogen-bond donors (Lipinski definition) is 3. The van der Waals surface area contributed by atoms with Crippen LogP contribution in [0.15, 0.2) is 42.5 Å². The maximum absolute atomic E-state index is 12.0. The van der Waals surface area contributed by atoms with E-state index in [0.717, 1.165) is 24.1 Å². The normalized spacial score (nSPS) is 10.4. The summed E-state index contributed by atoms with van der Waals surface area (Å²) in [6.45, 7) is 2.00. The van der Waals surface area contributed by atoms with E-state index in [1.807, 2.05) is 31.2 Å². The van der Waals surface area contributed by atoms with Crippen molar-refractivity contribution < 1.29 is 9.59 Å². The fourth-order valence-electron chi connectivity index (χ4n) is 2.46. The summed E-state index contributed by atoms with van der Waals surface area (Å²) in [5, 5.41) is 6.15. The van der Waals surface area contributed by atoms with E-state index in [1.54, 1.807) is 18.2 Å². The number of rotatable bonds is 8. The third kappa shape index (κ3) is 6.76. The van der Waals surface area contributed by atoms with Gasteiger partial charge in [-0.15, -0.1) is 0 Å². The molecular formula is C20H24ClN3O2. The molecule has 26 heavy (non-hydrogen) atoms. The summed E-state index contributed by atoms with van der Waals surface area (Å²) in [4.78, 5) is 23.8. The Bertz CT molecular complexity index is 760. The number of halogens is 1. The molecule has 2 aromatic carbocycles. The number of hydrogen-bond acceptors (Lipinski definition) is 3. The van der Waals surface area contributed by atoms with Crippen LogP contribution in [-0.2, 0) is 9.59 Å². The topological polar surface area (TPSA) is 84.2 Å². The van der Waals surface area contributed by atoms with Crippen molar-refractivity contribution in [3.63, 3.8) is 0 Å². The second-order valence-corrected chi connectivity index (χ2v) is 6.69. The molecule has 0 saturated carbocycles. The lowest BCUT2D eigenvalue weighted by atomic mass is 10.1. The van der Waals surface area contributed by atoms with Gasteiger partial charge >= 0.3 is 0 Å². The number of carbonyl (C=O) groups excluding carboxylic acids is 2. The first-order valence-corrected chi connectivity index (χ1v) is 9.03. The van der Waals surface area contributed by atoms with Crippen LogP contribution < -0.4 is 16.4 Å². The van der Waals surface area contributed by atoms with Crippen molar-refractivity contribution in [3.8, 4) is 0 Å². The van der Waals surface area contributed by atoms with Crippen molar-refractivity contribution in [2.45, 2.75) is 39.0 Å². The Balaban J connectivity index is 1.62. The third-order valence-corrected chi connectivity index (χ3v) is 4.17. The summed E-state index contributed by atoms with van der Waals surface area (Å²) in [6.07, 6.45) is 3.08. The molecule has 0 spiro atoms. The minimum Gasteiger partial charge on any atom is -0.397 e. The Hall–Kier alpha value is -2.53. The maximum Gasteiger partial charge on any atom is 0.224 e. The number of aryl methyl sites for hydroxylation is 1. The van der Waals surface area contributed by atoms with E-state index in [9.17, 15) is 9.59 Å². The Labute approximate surface area is 158 Å². The molecule has 0 aliphatic carbocycles. The van der Waals surface area contributed by atoms with Gasteiger partial charge in [0.05, 0.1) is 11.4 Å². The SMILES string of the molecule is Cc1ccc(NC(=O)CCCCCC(=O)Nc2cc(Cl)ccc2N)cc1. The number of anilines is 3. The van der Waals surface area contributed by atoms with Gasteiger partial charge in [-0.3, -0.25) is 9.59 Å². The fourth-order valence-corrected chi connectivity index (χ4v) is 2.63. The molecule has 0 radical (unpaired) electrons. The van der Waals surface area contributed by atoms with Gasteiger partial charge < -0.3 is 16.4 Å². The highest BCUT2D eigenvalue weighted by Crippen LogP contribution is 2.23. The lowest BCUT2D eigenvalue weighted by molar-refractivity contribution is -0.116. The Morgan fingerprint density at radius 2 is 1.54 bits per heavy atom. The quantitative estimate of drug-likeness (QED) is 0.460. The second kappa shape index (κ2) is 9.82. The van der Waals surface area contributed by atoms with E-state index >= 15 is 0 Å². The van der Waals surface area contributed by atoms with Crippen LogP contribution in [0.2, 0.25) is 5.02 Å². The zero-order chi connectivity index (χ0) is 18.9. The van der Waals surface area contributed by atoms with Crippen molar-refractivity contribution >= 4 is 40.5 Å². The monoisotopic (exact) mass is 373 g/mol. The molecule has 0 aromatic heterocycles. The molecule has 4 N–H and O–H groups in total. The lowest BCUT2D eigenvalue weighted by Crippen LogP contribution is -2.13. The highest BCUT2D eigenvalue weighted by molar-refractivity contribution is 6.31. The van der Waals surface area contributed by atoms with Crippen LogP contribution in [0.25, 0.3) is 0 Å². The van der Waals surface area contributed by atoms with Crippen LogP contribution in [0.5, 0.6) is 0 Å². The van der Waals surface area contributed by atoms with Gasteiger partial charge in [-0.1, -0.05) is 35.7 Å². The molecule has 0 bridgehead atoms. The molecule has 0 saturated heterocycles. The maximum atomic E-state index is 12.0. The average Bonchev–Trinajstić information content (AvgIpc) is 2.60. The molecule has 0 atom stereocenters. The molecule has 0 fully saturated rings. The molecular weight excluding hydrogens is 350 g/mol. The van der Waals surface area contributed by atoms with Crippen LogP contribution in [0, 0.1) is 6.92 Å². The summed E-state index contributed by atoms with van der Waals surface area (Å²) in [7, 11) is 0. The predicted molar refractivity (Wildman–Crippen MR) is 107 cm³/mol. The minimum absolute atomic E-state index is 0.00925. The molecule has 0 unspecified atom stereocenters. The summed E-state index contributed by atoms with van der Waals surface area (Å²) >= 11 is 5.90. The number of carbonyl (C=O) groups is 2. The van der Waals surface area contributed by atoms with E-state index in [2.05, 4.69) is 10.6 Å². The first kappa shape index (κ1) is 19.8. The minimum atomic E-state index is -0.108. The second-order valence-electron chi connectivity index (χ2n) is 6.25. The molecule has 6 heteroatoms. The number of unbranched alkanes of at least 4 members (excludes halogenated alkanes) is 2. The van der Waals surface area contributed by atoms with Gasteiger partial charge in [0.2, 0.25) is 11.8 Å². The summed E-state index contributed by atoms with van der Waals surface area (Å²) < 4.78 is 0. The van der Waals surface area contributed by atoms with E-state index in [4.69, 9.17) is 17.3 Å². The molecule has 0 aliphatic rings. The Morgan fingerprint density at radius 3 is 2.19 bits per heavy atom. The van der Waals surface area contributed by atoms with Crippen LogP contribution >= 0.6 is 11.6 Å². The molecule has 2 amide bonds. The van der Waals surface area contributed by atoms with Crippen LogP contribution in [0.3, 0.4) is 0 Å².